The standard InChI is InChI=1S/C17H14O2/c18-16(12-13-17-11-6-14-19-17)10-5-4-9-15-7-2-1-3-8-15/h1-14H. The van der Waals surface area contributed by atoms with Crippen molar-refractivity contribution < 1.29 is 9.21 Å². The second-order valence-electron chi connectivity index (χ2n) is 3.88. The Hall–Kier alpha value is -2.61. The molecule has 0 fully saturated rings. The van der Waals surface area contributed by atoms with Gasteiger partial charge in [-0.1, -0.05) is 48.6 Å². The molecule has 1 aromatic heterocycles. The summed E-state index contributed by atoms with van der Waals surface area (Å²) < 4.78 is 5.09. The lowest BCUT2D eigenvalue weighted by molar-refractivity contribution is -0.110. The van der Waals surface area contributed by atoms with Gasteiger partial charge in [0, 0.05) is 0 Å². The van der Waals surface area contributed by atoms with Crippen LogP contribution in [0.4, 0.5) is 0 Å². The second-order valence-corrected chi connectivity index (χ2v) is 3.88. The van der Waals surface area contributed by atoms with Crippen LogP contribution in [0.15, 0.2) is 77.4 Å². The van der Waals surface area contributed by atoms with Crippen molar-refractivity contribution in [2.24, 2.45) is 0 Å². The zero-order valence-electron chi connectivity index (χ0n) is 10.4. The molecule has 0 aliphatic heterocycles. The van der Waals surface area contributed by atoms with Crippen LogP contribution in [-0.4, -0.2) is 5.78 Å². The van der Waals surface area contributed by atoms with Gasteiger partial charge in [0.1, 0.15) is 5.76 Å². The number of hydrogen-bond acceptors (Lipinski definition) is 2. The summed E-state index contributed by atoms with van der Waals surface area (Å²) in [7, 11) is 0. The van der Waals surface area contributed by atoms with Gasteiger partial charge in [0.15, 0.2) is 5.78 Å². The predicted molar refractivity (Wildman–Crippen MR) is 77.4 cm³/mol. The summed E-state index contributed by atoms with van der Waals surface area (Å²) in [6.45, 7) is 0. The summed E-state index contributed by atoms with van der Waals surface area (Å²) in [5, 5.41) is 0. The van der Waals surface area contributed by atoms with Gasteiger partial charge < -0.3 is 4.42 Å². The average Bonchev–Trinajstić information content (AvgIpc) is 2.96. The smallest absolute Gasteiger partial charge is 0.178 e. The largest absolute Gasteiger partial charge is 0.465 e. The van der Waals surface area contributed by atoms with E-state index in [1.807, 2.05) is 42.5 Å². The van der Waals surface area contributed by atoms with Crippen LogP contribution in [0.3, 0.4) is 0 Å². The average molecular weight is 250 g/mol. The van der Waals surface area contributed by atoms with E-state index in [1.54, 1.807) is 30.5 Å². The Morgan fingerprint density at radius 2 is 1.74 bits per heavy atom. The minimum Gasteiger partial charge on any atom is -0.465 e. The van der Waals surface area contributed by atoms with Crippen LogP contribution < -0.4 is 0 Å². The normalized spacial score (nSPS) is 11.8. The molecule has 0 N–H and O–H groups in total. The van der Waals surface area contributed by atoms with Crippen molar-refractivity contribution in [1.29, 1.82) is 0 Å². The molecular formula is C17H14O2. The number of ketones is 1. The summed E-state index contributed by atoms with van der Waals surface area (Å²) in [4.78, 5) is 11.5. The lowest BCUT2D eigenvalue weighted by Crippen LogP contribution is -1.83. The molecule has 1 heterocycles. The fraction of sp³-hybridized carbons (Fsp3) is 0. The first-order valence-electron chi connectivity index (χ1n) is 6.00. The van der Waals surface area contributed by atoms with Gasteiger partial charge in [-0.05, 0) is 35.9 Å². The topological polar surface area (TPSA) is 30.2 Å². The molecular weight excluding hydrogens is 236 g/mol. The van der Waals surface area contributed by atoms with Crippen LogP contribution in [0.5, 0.6) is 0 Å². The molecule has 0 amide bonds. The van der Waals surface area contributed by atoms with Crippen LogP contribution in [0.25, 0.3) is 12.2 Å². The molecule has 0 saturated carbocycles. The summed E-state index contributed by atoms with van der Waals surface area (Å²) in [5.74, 6) is 0.593. The molecule has 1 aromatic carbocycles. The fourth-order valence-corrected chi connectivity index (χ4v) is 1.49. The molecule has 2 rings (SSSR count). The van der Waals surface area contributed by atoms with Crippen LogP contribution in [0.1, 0.15) is 11.3 Å². The molecule has 0 atom stereocenters. The lowest BCUT2D eigenvalue weighted by Gasteiger charge is -1.88. The Balaban J connectivity index is 1.85. The lowest BCUT2D eigenvalue weighted by atomic mass is 10.2. The second kappa shape index (κ2) is 6.97. The third-order valence-electron chi connectivity index (χ3n) is 2.41. The predicted octanol–water partition coefficient (Wildman–Crippen LogP) is 4.13. The molecule has 0 aliphatic carbocycles. The van der Waals surface area contributed by atoms with Gasteiger partial charge >= 0.3 is 0 Å². The van der Waals surface area contributed by atoms with Crippen molar-refractivity contribution in [3.8, 4) is 0 Å². The van der Waals surface area contributed by atoms with E-state index in [0.717, 1.165) is 5.56 Å². The van der Waals surface area contributed by atoms with Crippen molar-refractivity contribution >= 4 is 17.9 Å². The van der Waals surface area contributed by atoms with Gasteiger partial charge in [-0.25, -0.2) is 0 Å². The maximum Gasteiger partial charge on any atom is 0.178 e. The monoisotopic (exact) mass is 250 g/mol. The molecule has 0 bridgehead atoms. The van der Waals surface area contributed by atoms with Crippen molar-refractivity contribution in [1.82, 2.24) is 0 Å². The summed E-state index contributed by atoms with van der Waals surface area (Å²) in [6, 6.07) is 13.5. The van der Waals surface area contributed by atoms with E-state index in [-0.39, 0.29) is 5.78 Å². The highest BCUT2D eigenvalue weighted by Gasteiger charge is 1.90. The molecule has 2 heteroatoms. The number of hydrogen-bond donors (Lipinski definition) is 0. The Morgan fingerprint density at radius 1 is 0.895 bits per heavy atom. The molecule has 0 aliphatic rings. The van der Waals surface area contributed by atoms with Crippen molar-refractivity contribution in [3.05, 3.63) is 84.4 Å². The van der Waals surface area contributed by atoms with E-state index in [4.69, 9.17) is 4.42 Å². The molecule has 94 valence electrons. The van der Waals surface area contributed by atoms with E-state index >= 15 is 0 Å². The third-order valence-corrected chi connectivity index (χ3v) is 2.41. The Bertz CT molecular complexity index is 587. The summed E-state index contributed by atoms with van der Waals surface area (Å²) >= 11 is 0. The van der Waals surface area contributed by atoms with Gasteiger partial charge in [-0.2, -0.15) is 0 Å². The third kappa shape index (κ3) is 4.64. The van der Waals surface area contributed by atoms with E-state index in [2.05, 4.69) is 0 Å². The van der Waals surface area contributed by atoms with Crippen LogP contribution in [0.2, 0.25) is 0 Å². The molecule has 0 saturated heterocycles. The van der Waals surface area contributed by atoms with Crippen molar-refractivity contribution in [2.45, 2.75) is 0 Å². The minimum atomic E-state index is -0.0749. The van der Waals surface area contributed by atoms with Gasteiger partial charge in [0.05, 0.1) is 6.26 Å². The van der Waals surface area contributed by atoms with Gasteiger partial charge in [0.2, 0.25) is 0 Å². The first kappa shape index (κ1) is 12.8. The van der Waals surface area contributed by atoms with Gasteiger partial charge in [0.25, 0.3) is 0 Å². The van der Waals surface area contributed by atoms with Crippen molar-refractivity contribution in [2.75, 3.05) is 0 Å². The first-order valence-corrected chi connectivity index (χ1v) is 6.00. The highest BCUT2D eigenvalue weighted by atomic mass is 16.3. The quantitative estimate of drug-likeness (QED) is 0.590. The zero-order valence-corrected chi connectivity index (χ0v) is 10.4. The summed E-state index contributed by atoms with van der Waals surface area (Å²) in [5.41, 5.74) is 1.10. The molecule has 2 nitrogen and oxygen atoms in total. The van der Waals surface area contributed by atoms with E-state index in [0.29, 0.717) is 5.76 Å². The maximum absolute atomic E-state index is 11.5. The van der Waals surface area contributed by atoms with Crippen LogP contribution in [-0.2, 0) is 4.79 Å². The fourth-order valence-electron chi connectivity index (χ4n) is 1.49. The van der Waals surface area contributed by atoms with Crippen LogP contribution >= 0.6 is 0 Å². The van der Waals surface area contributed by atoms with Crippen molar-refractivity contribution in [3.63, 3.8) is 0 Å². The first-order chi connectivity index (χ1) is 9.34. The number of carbonyl (C=O) groups excluding carboxylic acids is 1. The number of allylic oxidation sites excluding steroid dienone is 4. The van der Waals surface area contributed by atoms with E-state index in [9.17, 15) is 4.79 Å². The zero-order chi connectivity index (χ0) is 13.3. The number of furan rings is 1. The van der Waals surface area contributed by atoms with Gasteiger partial charge in [-0.3, -0.25) is 4.79 Å². The number of carbonyl (C=O) groups is 1. The molecule has 2 aromatic rings. The minimum absolute atomic E-state index is 0.0749. The molecule has 19 heavy (non-hydrogen) atoms. The Morgan fingerprint density at radius 3 is 2.47 bits per heavy atom. The van der Waals surface area contributed by atoms with E-state index < -0.39 is 0 Å². The maximum atomic E-state index is 11.5. The Kier molecular flexibility index (Phi) is 4.71. The molecule has 0 spiro atoms. The summed E-state index contributed by atoms with van der Waals surface area (Å²) in [6.07, 6.45) is 11.7. The highest BCUT2D eigenvalue weighted by Crippen LogP contribution is 2.03. The SMILES string of the molecule is O=C(C=CC=Cc1ccccc1)C=Cc1ccco1. The molecule has 0 unspecified atom stereocenters. The van der Waals surface area contributed by atoms with E-state index in [1.165, 1.54) is 12.2 Å². The highest BCUT2D eigenvalue weighted by molar-refractivity contribution is 6.02. The molecule has 0 radical (unpaired) electrons. The Labute approximate surface area is 112 Å². The number of benzene rings is 1. The van der Waals surface area contributed by atoms with Gasteiger partial charge in [-0.15, -0.1) is 0 Å². The number of rotatable bonds is 5. The van der Waals surface area contributed by atoms with Crippen LogP contribution in [0, 0.1) is 0 Å².